The molecule has 1 amide bonds. The van der Waals surface area contributed by atoms with Gasteiger partial charge in [-0.1, -0.05) is 12.1 Å². The molecule has 1 N–H and O–H groups in total. The fourth-order valence-electron chi connectivity index (χ4n) is 2.32. The Morgan fingerprint density at radius 2 is 1.79 bits per heavy atom. The minimum Gasteiger partial charge on any atom is -0.497 e. The Balaban J connectivity index is 1.95. The molecule has 0 bridgehead atoms. The van der Waals surface area contributed by atoms with Crippen LogP contribution >= 0.6 is 0 Å². The van der Waals surface area contributed by atoms with Gasteiger partial charge in [0.1, 0.15) is 11.5 Å². The number of hydrogen-bond donors (Lipinski definition) is 1. The van der Waals surface area contributed by atoms with Gasteiger partial charge in [-0.2, -0.15) is 13.2 Å². The zero-order valence-electron chi connectivity index (χ0n) is 15.6. The summed E-state index contributed by atoms with van der Waals surface area (Å²) in [5.74, 6) is -0.722. The van der Waals surface area contributed by atoms with Crippen molar-refractivity contribution < 1.29 is 37.0 Å². The van der Waals surface area contributed by atoms with Crippen LogP contribution in [0.5, 0.6) is 11.5 Å². The number of halogens is 3. The minimum absolute atomic E-state index is 0.417. The van der Waals surface area contributed by atoms with Crippen LogP contribution in [-0.2, 0) is 20.5 Å². The topological polar surface area (TPSA) is 73.9 Å². The van der Waals surface area contributed by atoms with Crippen molar-refractivity contribution in [2.75, 3.05) is 26.1 Å². The predicted molar refractivity (Wildman–Crippen MR) is 99.6 cm³/mol. The average molecular weight is 409 g/mol. The summed E-state index contributed by atoms with van der Waals surface area (Å²) >= 11 is 0. The smallest absolute Gasteiger partial charge is 0.418 e. The molecule has 6 nitrogen and oxygen atoms in total. The van der Waals surface area contributed by atoms with Gasteiger partial charge in [0.05, 0.1) is 25.5 Å². The number of amides is 1. The Hall–Kier alpha value is -3.49. The molecular formula is C20H18F3NO5. The van der Waals surface area contributed by atoms with E-state index in [2.05, 4.69) is 5.32 Å². The van der Waals surface area contributed by atoms with Crippen molar-refractivity contribution in [3.63, 3.8) is 0 Å². The molecule has 2 aromatic rings. The lowest BCUT2D eigenvalue weighted by Gasteiger charge is -2.13. The summed E-state index contributed by atoms with van der Waals surface area (Å²) in [5, 5.41) is 2.08. The number of methoxy groups -OCH3 is 2. The molecule has 0 fully saturated rings. The molecule has 2 rings (SSSR count). The Kier molecular flexibility index (Phi) is 7.24. The molecule has 0 aliphatic rings. The van der Waals surface area contributed by atoms with Crippen LogP contribution in [0.1, 0.15) is 11.1 Å². The van der Waals surface area contributed by atoms with E-state index in [1.165, 1.54) is 32.4 Å². The Morgan fingerprint density at radius 1 is 1.07 bits per heavy atom. The van der Waals surface area contributed by atoms with Gasteiger partial charge < -0.3 is 19.5 Å². The second-order valence-corrected chi connectivity index (χ2v) is 5.64. The molecule has 0 spiro atoms. The fourth-order valence-corrected chi connectivity index (χ4v) is 2.32. The number of anilines is 1. The van der Waals surface area contributed by atoms with Gasteiger partial charge in [-0.3, -0.25) is 4.79 Å². The van der Waals surface area contributed by atoms with Gasteiger partial charge in [0.15, 0.2) is 6.61 Å². The van der Waals surface area contributed by atoms with Crippen LogP contribution < -0.4 is 14.8 Å². The monoisotopic (exact) mass is 409 g/mol. The van der Waals surface area contributed by atoms with Crippen LogP contribution in [0.2, 0.25) is 0 Å². The first kappa shape index (κ1) is 21.8. The maximum absolute atomic E-state index is 12.9. The van der Waals surface area contributed by atoms with Crippen molar-refractivity contribution in [3.8, 4) is 11.5 Å². The third kappa shape index (κ3) is 6.27. The van der Waals surface area contributed by atoms with Crippen molar-refractivity contribution in [2.24, 2.45) is 0 Å². The van der Waals surface area contributed by atoms with E-state index in [0.29, 0.717) is 17.1 Å². The van der Waals surface area contributed by atoms with E-state index in [9.17, 15) is 22.8 Å². The lowest BCUT2D eigenvalue weighted by atomic mass is 10.1. The second kappa shape index (κ2) is 9.63. The summed E-state index contributed by atoms with van der Waals surface area (Å²) in [6, 6.07) is 9.45. The summed E-state index contributed by atoms with van der Waals surface area (Å²) in [6.07, 6.45) is -2.14. The SMILES string of the molecule is COc1ccc(/C=C/C(=O)OCC(=O)Nc2ccccc2C(F)(F)F)c(OC)c1. The van der Waals surface area contributed by atoms with Gasteiger partial charge >= 0.3 is 12.1 Å². The molecule has 0 heterocycles. The molecular weight excluding hydrogens is 391 g/mol. The first-order chi connectivity index (χ1) is 13.7. The van der Waals surface area contributed by atoms with Crippen LogP contribution in [0.3, 0.4) is 0 Å². The van der Waals surface area contributed by atoms with E-state index in [1.807, 2.05) is 0 Å². The molecule has 29 heavy (non-hydrogen) atoms. The zero-order valence-corrected chi connectivity index (χ0v) is 15.6. The highest BCUT2D eigenvalue weighted by Crippen LogP contribution is 2.34. The molecule has 9 heteroatoms. The highest BCUT2D eigenvalue weighted by atomic mass is 19.4. The number of nitrogens with one attached hydrogen (secondary N) is 1. The van der Waals surface area contributed by atoms with Crippen molar-refractivity contribution in [1.29, 1.82) is 0 Å². The van der Waals surface area contributed by atoms with Crippen LogP contribution in [-0.4, -0.2) is 32.7 Å². The quantitative estimate of drug-likeness (QED) is 0.554. The van der Waals surface area contributed by atoms with Crippen LogP contribution in [0.15, 0.2) is 48.5 Å². The summed E-state index contributed by atoms with van der Waals surface area (Å²) in [7, 11) is 2.95. The summed E-state index contributed by atoms with van der Waals surface area (Å²) < 4.78 is 53.8. The van der Waals surface area contributed by atoms with E-state index < -0.39 is 35.9 Å². The van der Waals surface area contributed by atoms with Crippen LogP contribution in [0, 0.1) is 0 Å². The van der Waals surface area contributed by atoms with E-state index in [-0.39, 0.29) is 0 Å². The molecule has 0 saturated heterocycles. The minimum atomic E-state index is -4.62. The number of benzene rings is 2. The van der Waals surface area contributed by atoms with Crippen molar-refractivity contribution >= 4 is 23.6 Å². The third-order valence-electron chi connectivity index (χ3n) is 3.69. The molecule has 2 aromatic carbocycles. The van der Waals surface area contributed by atoms with Gasteiger partial charge in [0.2, 0.25) is 0 Å². The number of hydrogen-bond acceptors (Lipinski definition) is 5. The third-order valence-corrected chi connectivity index (χ3v) is 3.69. The van der Waals surface area contributed by atoms with Gasteiger partial charge in [-0.15, -0.1) is 0 Å². The van der Waals surface area contributed by atoms with Crippen molar-refractivity contribution in [2.45, 2.75) is 6.18 Å². The van der Waals surface area contributed by atoms with E-state index in [4.69, 9.17) is 14.2 Å². The standard InChI is InChI=1S/C20H18F3NO5/c1-27-14-9-7-13(17(11-14)28-2)8-10-19(26)29-12-18(25)24-16-6-4-3-5-15(16)20(21,22)23/h3-11H,12H2,1-2H3,(H,24,25)/b10-8+. The Morgan fingerprint density at radius 3 is 2.45 bits per heavy atom. The van der Waals surface area contributed by atoms with Crippen molar-refractivity contribution in [3.05, 3.63) is 59.7 Å². The molecule has 154 valence electrons. The maximum atomic E-state index is 12.9. The Bertz CT molecular complexity index is 909. The van der Waals surface area contributed by atoms with Gasteiger partial charge in [-0.05, 0) is 30.3 Å². The molecule has 0 atom stereocenters. The maximum Gasteiger partial charge on any atom is 0.418 e. The molecule has 0 aliphatic carbocycles. The highest BCUT2D eigenvalue weighted by molar-refractivity contribution is 5.95. The van der Waals surface area contributed by atoms with Gasteiger partial charge in [0, 0.05) is 17.7 Å². The summed E-state index contributed by atoms with van der Waals surface area (Å²) in [6.45, 7) is -0.741. The Labute approximate surface area is 164 Å². The number of alkyl halides is 3. The van der Waals surface area contributed by atoms with E-state index in [0.717, 1.165) is 18.2 Å². The number of ether oxygens (including phenoxy) is 3. The normalized spacial score (nSPS) is 11.2. The first-order valence-corrected chi connectivity index (χ1v) is 8.27. The first-order valence-electron chi connectivity index (χ1n) is 8.27. The van der Waals surface area contributed by atoms with E-state index in [1.54, 1.807) is 18.2 Å². The summed E-state index contributed by atoms with van der Waals surface area (Å²) in [4.78, 5) is 23.6. The highest BCUT2D eigenvalue weighted by Gasteiger charge is 2.33. The van der Waals surface area contributed by atoms with Gasteiger partial charge in [0.25, 0.3) is 5.91 Å². The molecule has 0 unspecified atom stereocenters. The molecule has 0 aliphatic heterocycles. The number of rotatable bonds is 7. The van der Waals surface area contributed by atoms with Crippen molar-refractivity contribution in [1.82, 2.24) is 0 Å². The lowest BCUT2D eigenvalue weighted by molar-refractivity contribution is -0.142. The van der Waals surface area contributed by atoms with E-state index >= 15 is 0 Å². The molecule has 0 radical (unpaired) electrons. The second-order valence-electron chi connectivity index (χ2n) is 5.64. The largest absolute Gasteiger partial charge is 0.497 e. The predicted octanol–water partition coefficient (Wildman–Crippen LogP) is 3.92. The summed E-state index contributed by atoms with van der Waals surface area (Å²) in [5.41, 5.74) is -0.848. The molecule has 0 aromatic heterocycles. The molecule has 0 saturated carbocycles. The number of para-hydroxylation sites is 1. The van der Waals surface area contributed by atoms with Gasteiger partial charge in [-0.25, -0.2) is 4.79 Å². The fraction of sp³-hybridized carbons (Fsp3) is 0.200. The zero-order chi connectivity index (χ0) is 21.4. The van der Waals surface area contributed by atoms with Crippen LogP contribution in [0.25, 0.3) is 6.08 Å². The number of carbonyl (C=O) groups excluding carboxylic acids is 2. The number of carbonyl (C=O) groups is 2. The lowest BCUT2D eigenvalue weighted by Crippen LogP contribution is -2.22. The number of esters is 1. The van der Waals surface area contributed by atoms with Crippen LogP contribution in [0.4, 0.5) is 18.9 Å². The average Bonchev–Trinajstić information content (AvgIpc) is 2.70.